The molecule has 2 rings (SSSR count). The molecule has 0 bridgehead atoms. The predicted octanol–water partition coefficient (Wildman–Crippen LogP) is 2.03. The summed E-state index contributed by atoms with van der Waals surface area (Å²) in [5.41, 5.74) is 1.98. The van der Waals surface area contributed by atoms with Crippen molar-refractivity contribution in [2.75, 3.05) is 32.1 Å². The predicted molar refractivity (Wildman–Crippen MR) is 70.8 cm³/mol. The van der Waals surface area contributed by atoms with Crippen molar-refractivity contribution in [2.24, 2.45) is 0 Å². The Hall–Kier alpha value is -1.35. The van der Waals surface area contributed by atoms with Crippen LogP contribution in [0.4, 0.5) is 5.69 Å². The van der Waals surface area contributed by atoms with Crippen molar-refractivity contribution in [2.45, 2.75) is 18.9 Å². The second kappa shape index (κ2) is 5.32. The molecule has 1 aromatic carbocycles. The minimum absolute atomic E-state index is 0.709. The molecule has 3 nitrogen and oxygen atoms in total. The lowest BCUT2D eigenvalue weighted by Gasteiger charge is -2.36. The normalized spacial score (nSPS) is 17.5. The lowest BCUT2D eigenvalue weighted by Crippen LogP contribution is -2.41. The SMILES string of the molecule is CN(C)C1CCN(c2ccc(C=O)cc2)CC1. The zero-order chi connectivity index (χ0) is 12.3. The van der Waals surface area contributed by atoms with Gasteiger partial charge >= 0.3 is 0 Å². The number of nitrogens with zero attached hydrogens (tertiary/aromatic N) is 2. The van der Waals surface area contributed by atoms with Crippen LogP contribution in [0.5, 0.6) is 0 Å². The van der Waals surface area contributed by atoms with Gasteiger partial charge in [-0.25, -0.2) is 0 Å². The van der Waals surface area contributed by atoms with Crippen LogP contribution in [0.2, 0.25) is 0 Å². The van der Waals surface area contributed by atoms with Gasteiger partial charge in [0, 0.05) is 30.4 Å². The number of rotatable bonds is 3. The molecule has 0 aliphatic carbocycles. The van der Waals surface area contributed by atoms with Gasteiger partial charge in [0.1, 0.15) is 6.29 Å². The third-order valence-electron chi connectivity index (χ3n) is 3.59. The Bertz CT molecular complexity index is 364. The van der Waals surface area contributed by atoms with Gasteiger partial charge in [-0.1, -0.05) is 0 Å². The Morgan fingerprint density at radius 1 is 1.18 bits per heavy atom. The van der Waals surface area contributed by atoms with E-state index < -0.39 is 0 Å². The molecule has 0 spiro atoms. The molecule has 1 fully saturated rings. The minimum Gasteiger partial charge on any atom is -0.371 e. The molecule has 92 valence electrons. The van der Waals surface area contributed by atoms with Crippen LogP contribution in [-0.4, -0.2) is 44.4 Å². The number of piperidine rings is 1. The average molecular weight is 232 g/mol. The van der Waals surface area contributed by atoms with E-state index in [1.807, 2.05) is 24.3 Å². The zero-order valence-electron chi connectivity index (χ0n) is 10.6. The smallest absolute Gasteiger partial charge is 0.150 e. The molecule has 0 amide bonds. The summed E-state index contributed by atoms with van der Waals surface area (Å²) >= 11 is 0. The average Bonchev–Trinajstić information content (AvgIpc) is 2.39. The first-order valence-electron chi connectivity index (χ1n) is 6.17. The topological polar surface area (TPSA) is 23.6 Å². The van der Waals surface area contributed by atoms with Crippen molar-refractivity contribution >= 4 is 12.0 Å². The lowest BCUT2D eigenvalue weighted by molar-refractivity contribution is 0.112. The van der Waals surface area contributed by atoms with E-state index in [0.29, 0.717) is 6.04 Å². The maximum absolute atomic E-state index is 10.6. The molecule has 3 heteroatoms. The maximum atomic E-state index is 10.6. The van der Waals surface area contributed by atoms with Crippen molar-refractivity contribution < 1.29 is 4.79 Å². The largest absolute Gasteiger partial charge is 0.371 e. The summed E-state index contributed by atoms with van der Waals surface area (Å²) in [6.07, 6.45) is 3.31. The number of hydrogen-bond acceptors (Lipinski definition) is 3. The van der Waals surface area contributed by atoms with Crippen molar-refractivity contribution in [1.29, 1.82) is 0 Å². The van der Waals surface area contributed by atoms with E-state index >= 15 is 0 Å². The van der Waals surface area contributed by atoms with Crippen LogP contribution >= 0.6 is 0 Å². The van der Waals surface area contributed by atoms with Crippen molar-refractivity contribution in [1.82, 2.24) is 4.90 Å². The van der Waals surface area contributed by atoms with Crippen LogP contribution in [0.15, 0.2) is 24.3 Å². The van der Waals surface area contributed by atoms with Gasteiger partial charge in [0.25, 0.3) is 0 Å². The molecular weight excluding hydrogens is 212 g/mol. The van der Waals surface area contributed by atoms with Crippen LogP contribution in [0.3, 0.4) is 0 Å². The Kier molecular flexibility index (Phi) is 3.79. The molecule has 17 heavy (non-hydrogen) atoms. The third-order valence-corrected chi connectivity index (χ3v) is 3.59. The highest BCUT2D eigenvalue weighted by Gasteiger charge is 2.20. The molecule has 1 heterocycles. The summed E-state index contributed by atoms with van der Waals surface area (Å²) in [6, 6.07) is 8.57. The van der Waals surface area contributed by atoms with E-state index in [1.165, 1.54) is 18.5 Å². The highest BCUT2D eigenvalue weighted by atomic mass is 16.1. The molecule has 1 saturated heterocycles. The molecular formula is C14H20N2O. The van der Waals surface area contributed by atoms with Gasteiger partial charge in [-0.3, -0.25) is 4.79 Å². The van der Waals surface area contributed by atoms with Gasteiger partial charge in [0.05, 0.1) is 0 Å². The summed E-state index contributed by atoms with van der Waals surface area (Å²) in [6.45, 7) is 2.20. The lowest BCUT2D eigenvalue weighted by atomic mass is 10.0. The fourth-order valence-electron chi connectivity index (χ4n) is 2.40. The first-order chi connectivity index (χ1) is 8.20. The molecule has 0 unspecified atom stereocenters. The Balaban J connectivity index is 1.97. The summed E-state index contributed by atoms with van der Waals surface area (Å²) in [5.74, 6) is 0. The van der Waals surface area contributed by atoms with E-state index in [-0.39, 0.29) is 0 Å². The number of anilines is 1. The quantitative estimate of drug-likeness (QED) is 0.745. The summed E-state index contributed by atoms with van der Waals surface area (Å²) in [5, 5.41) is 0. The molecule has 1 aliphatic rings. The summed E-state index contributed by atoms with van der Waals surface area (Å²) in [4.78, 5) is 15.3. The standard InChI is InChI=1S/C14H20N2O/c1-15(2)13-7-9-16(10-8-13)14-5-3-12(11-17)4-6-14/h3-6,11,13H,7-10H2,1-2H3. The van der Waals surface area contributed by atoms with E-state index in [4.69, 9.17) is 0 Å². The van der Waals surface area contributed by atoms with E-state index in [2.05, 4.69) is 23.9 Å². The zero-order valence-corrected chi connectivity index (χ0v) is 10.6. The number of carbonyl (C=O) groups is 1. The van der Waals surface area contributed by atoms with Gasteiger partial charge in [0.15, 0.2) is 0 Å². The van der Waals surface area contributed by atoms with Crippen LogP contribution < -0.4 is 4.90 Å². The van der Waals surface area contributed by atoms with Crippen molar-refractivity contribution in [3.8, 4) is 0 Å². The second-order valence-corrected chi connectivity index (χ2v) is 4.89. The summed E-state index contributed by atoms with van der Waals surface area (Å²) < 4.78 is 0. The highest BCUT2D eigenvalue weighted by Crippen LogP contribution is 2.21. The molecule has 0 saturated carbocycles. The van der Waals surface area contributed by atoms with Gasteiger partial charge in [0.2, 0.25) is 0 Å². The van der Waals surface area contributed by atoms with E-state index in [9.17, 15) is 4.79 Å². The molecule has 0 N–H and O–H groups in total. The van der Waals surface area contributed by atoms with Crippen molar-refractivity contribution in [3.05, 3.63) is 29.8 Å². The fraction of sp³-hybridized carbons (Fsp3) is 0.500. The van der Waals surface area contributed by atoms with Crippen LogP contribution in [-0.2, 0) is 0 Å². The number of hydrogen-bond donors (Lipinski definition) is 0. The third kappa shape index (κ3) is 2.86. The number of carbonyl (C=O) groups excluding carboxylic acids is 1. The molecule has 0 aromatic heterocycles. The van der Waals surface area contributed by atoms with Crippen LogP contribution in [0.1, 0.15) is 23.2 Å². The monoisotopic (exact) mass is 232 g/mol. The second-order valence-electron chi connectivity index (χ2n) is 4.89. The maximum Gasteiger partial charge on any atom is 0.150 e. The molecule has 0 atom stereocenters. The Morgan fingerprint density at radius 3 is 2.24 bits per heavy atom. The number of aldehydes is 1. The molecule has 0 radical (unpaired) electrons. The van der Waals surface area contributed by atoms with Gasteiger partial charge < -0.3 is 9.80 Å². The fourth-order valence-corrected chi connectivity index (χ4v) is 2.40. The highest BCUT2D eigenvalue weighted by molar-refractivity contribution is 5.75. The van der Waals surface area contributed by atoms with Gasteiger partial charge in [-0.2, -0.15) is 0 Å². The summed E-state index contributed by atoms with van der Waals surface area (Å²) in [7, 11) is 4.30. The van der Waals surface area contributed by atoms with Gasteiger partial charge in [-0.15, -0.1) is 0 Å². The van der Waals surface area contributed by atoms with E-state index in [0.717, 1.165) is 24.9 Å². The van der Waals surface area contributed by atoms with Crippen molar-refractivity contribution in [3.63, 3.8) is 0 Å². The Labute approximate surface area is 103 Å². The van der Waals surface area contributed by atoms with Crippen LogP contribution in [0, 0.1) is 0 Å². The first kappa shape index (κ1) is 12.1. The Morgan fingerprint density at radius 2 is 1.76 bits per heavy atom. The van der Waals surface area contributed by atoms with Crippen LogP contribution in [0.25, 0.3) is 0 Å². The molecule has 1 aromatic rings. The molecule has 1 aliphatic heterocycles. The first-order valence-corrected chi connectivity index (χ1v) is 6.17. The number of benzene rings is 1. The van der Waals surface area contributed by atoms with Gasteiger partial charge in [-0.05, 0) is 51.2 Å². The van der Waals surface area contributed by atoms with E-state index in [1.54, 1.807) is 0 Å². The minimum atomic E-state index is 0.709.